The summed E-state index contributed by atoms with van der Waals surface area (Å²) in [6.07, 6.45) is 3.15. The van der Waals surface area contributed by atoms with Crippen molar-refractivity contribution in [2.24, 2.45) is 0 Å². The molecular formula is C19H27NO5. The molecule has 2 rings (SSSR count). The van der Waals surface area contributed by atoms with Crippen LogP contribution >= 0.6 is 0 Å². The number of amides is 1. The standard InChI is InChI=1S/C19H27NO5/c1-15(19(23)20-11-13-24-14-12-20)25-18(22)6-4-2-3-5-16-7-9-17(21)10-8-16/h7-10,15,21H,2-6,11-14H2,1H3. The van der Waals surface area contributed by atoms with Gasteiger partial charge in [0.15, 0.2) is 6.10 Å². The molecule has 1 fully saturated rings. The quantitative estimate of drug-likeness (QED) is 0.576. The number of ether oxygens (including phenoxy) is 2. The highest BCUT2D eigenvalue weighted by atomic mass is 16.5. The lowest BCUT2D eigenvalue weighted by Gasteiger charge is -2.28. The first kappa shape index (κ1) is 19.2. The minimum absolute atomic E-state index is 0.149. The van der Waals surface area contributed by atoms with Gasteiger partial charge >= 0.3 is 5.97 Å². The smallest absolute Gasteiger partial charge is 0.306 e. The lowest BCUT2D eigenvalue weighted by Crippen LogP contribution is -2.46. The molecule has 0 saturated carbocycles. The second-order valence-electron chi connectivity index (χ2n) is 6.30. The van der Waals surface area contributed by atoms with Crippen LogP contribution in [0.3, 0.4) is 0 Å². The predicted octanol–water partition coefficient (Wildman–Crippen LogP) is 2.29. The number of nitrogens with zero attached hydrogens (tertiary/aromatic N) is 1. The Labute approximate surface area is 148 Å². The summed E-state index contributed by atoms with van der Waals surface area (Å²) in [5.74, 6) is -0.199. The number of unbranched alkanes of at least 4 members (excludes halogenated alkanes) is 2. The second-order valence-corrected chi connectivity index (χ2v) is 6.30. The van der Waals surface area contributed by atoms with Crippen LogP contribution in [0.1, 0.15) is 38.2 Å². The molecule has 1 atom stereocenters. The molecule has 1 unspecified atom stereocenters. The summed E-state index contributed by atoms with van der Waals surface area (Å²) >= 11 is 0. The van der Waals surface area contributed by atoms with E-state index >= 15 is 0 Å². The van der Waals surface area contributed by atoms with E-state index in [1.165, 1.54) is 5.56 Å². The first-order valence-electron chi connectivity index (χ1n) is 8.90. The molecule has 1 aliphatic rings. The molecule has 1 aliphatic heterocycles. The van der Waals surface area contributed by atoms with Crippen LogP contribution in [-0.2, 0) is 25.5 Å². The van der Waals surface area contributed by atoms with Crippen LogP contribution in [-0.4, -0.2) is 54.3 Å². The van der Waals surface area contributed by atoms with Gasteiger partial charge in [0.25, 0.3) is 5.91 Å². The molecule has 0 aromatic heterocycles. The number of aryl methyl sites for hydroxylation is 1. The number of phenols is 1. The van der Waals surface area contributed by atoms with Crippen LogP contribution in [0.25, 0.3) is 0 Å². The van der Waals surface area contributed by atoms with Crippen LogP contribution < -0.4 is 0 Å². The second kappa shape index (κ2) is 10.0. The van der Waals surface area contributed by atoms with E-state index < -0.39 is 6.10 Å². The van der Waals surface area contributed by atoms with Gasteiger partial charge in [-0.3, -0.25) is 9.59 Å². The number of rotatable bonds is 8. The third kappa shape index (κ3) is 6.74. The Morgan fingerprint density at radius 2 is 1.84 bits per heavy atom. The van der Waals surface area contributed by atoms with Crippen LogP contribution in [0.4, 0.5) is 0 Å². The fraction of sp³-hybridized carbons (Fsp3) is 0.579. The van der Waals surface area contributed by atoms with Gasteiger partial charge in [0.2, 0.25) is 0 Å². The van der Waals surface area contributed by atoms with Gasteiger partial charge in [-0.05, 0) is 43.9 Å². The molecule has 0 bridgehead atoms. The highest BCUT2D eigenvalue weighted by Gasteiger charge is 2.24. The number of phenolic OH excluding ortho intramolecular Hbond substituents is 1. The molecule has 25 heavy (non-hydrogen) atoms. The van der Waals surface area contributed by atoms with E-state index in [0.717, 1.165) is 25.7 Å². The predicted molar refractivity (Wildman–Crippen MR) is 93.2 cm³/mol. The van der Waals surface area contributed by atoms with Crippen LogP contribution in [0.15, 0.2) is 24.3 Å². The van der Waals surface area contributed by atoms with Gasteiger partial charge in [-0.15, -0.1) is 0 Å². The van der Waals surface area contributed by atoms with Crippen molar-refractivity contribution < 1.29 is 24.2 Å². The topological polar surface area (TPSA) is 76.1 Å². The van der Waals surface area contributed by atoms with Crippen molar-refractivity contribution in [1.82, 2.24) is 4.90 Å². The summed E-state index contributed by atoms with van der Waals surface area (Å²) < 4.78 is 10.5. The van der Waals surface area contributed by atoms with Crippen LogP contribution in [0, 0.1) is 0 Å². The molecule has 1 heterocycles. The van der Waals surface area contributed by atoms with E-state index in [0.29, 0.717) is 32.7 Å². The first-order valence-corrected chi connectivity index (χ1v) is 8.90. The summed E-state index contributed by atoms with van der Waals surface area (Å²) in [5, 5.41) is 9.24. The van der Waals surface area contributed by atoms with Gasteiger partial charge in [0.1, 0.15) is 5.75 Å². The number of hydrogen-bond donors (Lipinski definition) is 1. The average molecular weight is 349 g/mol. The molecule has 1 saturated heterocycles. The van der Waals surface area contributed by atoms with Crippen molar-refractivity contribution in [2.45, 2.75) is 45.1 Å². The molecule has 1 N–H and O–H groups in total. The van der Waals surface area contributed by atoms with Gasteiger partial charge in [-0.1, -0.05) is 18.6 Å². The third-order valence-corrected chi connectivity index (χ3v) is 4.26. The van der Waals surface area contributed by atoms with Crippen molar-refractivity contribution in [3.05, 3.63) is 29.8 Å². The number of carbonyl (C=O) groups excluding carboxylic acids is 2. The maximum Gasteiger partial charge on any atom is 0.306 e. The Balaban J connectivity index is 1.58. The SMILES string of the molecule is CC(OC(=O)CCCCCc1ccc(O)cc1)C(=O)N1CCOCC1. The highest BCUT2D eigenvalue weighted by molar-refractivity contribution is 5.83. The fourth-order valence-corrected chi connectivity index (χ4v) is 2.79. The number of benzene rings is 1. The van der Waals surface area contributed by atoms with E-state index in [1.807, 2.05) is 12.1 Å². The van der Waals surface area contributed by atoms with Crippen molar-refractivity contribution in [1.29, 1.82) is 0 Å². The molecule has 1 amide bonds. The Hall–Kier alpha value is -2.08. The normalized spacial score (nSPS) is 15.6. The molecule has 6 heteroatoms. The first-order chi connectivity index (χ1) is 12.1. The Kier molecular flexibility index (Phi) is 7.73. The largest absolute Gasteiger partial charge is 0.508 e. The Morgan fingerprint density at radius 3 is 2.52 bits per heavy atom. The van der Waals surface area contributed by atoms with Gasteiger partial charge in [0, 0.05) is 19.5 Å². The summed E-state index contributed by atoms with van der Waals surface area (Å²) in [5.41, 5.74) is 1.17. The fourth-order valence-electron chi connectivity index (χ4n) is 2.79. The molecule has 6 nitrogen and oxygen atoms in total. The zero-order valence-corrected chi connectivity index (χ0v) is 14.8. The van der Waals surface area contributed by atoms with Crippen molar-refractivity contribution in [3.8, 4) is 5.75 Å². The van der Waals surface area contributed by atoms with E-state index in [-0.39, 0.29) is 17.6 Å². The minimum Gasteiger partial charge on any atom is -0.508 e. The van der Waals surface area contributed by atoms with Crippen LogP contribution in [0.5, 0.6) is 5.75 Å². The zero-order valence-electron chi connectivity index (χ0n) is 14.8. The van der Waals surface area contributed by atoms with Gasteiger partial charge in [0.05, 0.1) is 13.2 Å². The maximum atomic E-state index is 12.2. The van der Waals surface area contributed by atoms with E-state index in [1.54, 1.807) is 24.0 Å². The molecule has 1 aromatic rings. The third-order valence-electron chi connectivity index (χ3n) is 4.26. The molecule has 0 radical (unpaired) electrons. The number of aromatic hydroxyl groups is 1. The molecule has 1 aromatic carbocycles. The lowest BCUT2D eigenvalue weighted by molar-refractivity contribution is -0.161. The van der Waals surface area contributed by atoms with Gasteiger partial charge in [-0.25, -0.2) is 0 Å². The number of morpholine rings is 1. The monoisotopic (exact) mass is 349 g/mol. The average Bonchev–Trinajstić information content (AvgIpc) is 2.63. The number of hydrogen-bond acceptors (Lipinski definition) is 5. The Morgan fingerprint density at radius 1 is 1.16 bits per heavy atom. The summed E-state index contributed by atoms with van der Waals surface area (Å²) in [6.45, 7) is 3.80. The highest BCUT2D eigenvalue weighted by Crippen LogP contribution is 2.13. The summed E-state index contributed by atoms with van der Waals surface area (Å²) in [7, 11) is 0. The number of carbonyl (C=O) groups is 2. The lowest BCUT2D eigenvalue weighted by atomic mass is 10.1. The van der Waals surface area contributed by atoms with E-state index in [2.05, 4.69) is 0 Å². The molecule has 138 valence electrons. The van der Waals surface area contributed by atoms with Gasteiger partial charge < -0.3 is 19.5 Å². The van der Waals surface area contributed by atoms with Crippen molar-refractivity contribution >= 4 is 11.9 Å². The zero-order chi connectivity index (χ0) is 18.1. The van der Waals surface area contributed by atoms with E-state index in [4.69, 9.17) is 9.47 Å². The van der Waals surface area contributed by atoms with Crippen LogP contribution in [0.2, 0.25) is 0 Å². The summed E-state index contributed by atoms with van der Waals surface area (Å²) in [6, 6.07) is 7.17. The minimum atomic E-state index is -0.734. The summed E-state index contributed by atoms with van der Waals surface area (Å²) in [4.78, 5) is 25.7. The van der Waals surface area contributed by atoms with E-state index in [9.17, 15) is 14.7 Å². The van der Waals surface area contributed by atoms with Crippen molar-refractivity contribution in [3.63, 3.8) is 0 Å². The maximum absolute atomic E-state index is 12.2. The van der Waals surface area contributed by atoms with Gasteiger partial charge in [-0.2, -0.15) is 0 Å². The molecular weight excluding hydrogens is 322 g/mol. The molecule has 0 aliphatic carbocycles. The number of esters is 1. The van der Waals surface area contributed by atoms with Crippen molar-refractivity contribution in [2.75, 3.05) is 26.3 Å². The molecule has 0 spiro atoms. The Bertz CT molecular complexity index is 551.